The molecule has 0 aliphatic rings. The fraction of sp³-hybridized carbons (Fsp3) is 0.108. The van der Waals surface area contributed by atoms with E-state index in [-0.39, 0.29) is 5.91 Å². The normalized spacial score (nSPS) is 11.1. The molecule has 1 heterocycles. The van der Waals surface area contributed by atoms with Gasteiger partial charge in [-0.3, -0.25) is 4.79 Å². The summed E-state index contributed by atoms with van der Waals surface area (Å²) in [6.07, 6.45) is 1.57. The van der Waals surface area contributed by atoms with Crippen LogP contribution in [0.5, 0.6) is 11.5 Å². The number of aromatic nitrogens is 1. The van der Waals surface area contributed by atoms with Crippen LogP contribution in [0, 0.1) is 6.92 Å². The first-order chi connectivity index (χ1) is 22.4. The number of thiazole rings is 1. The maximum absolute atomic E-state index is 12.8. The molecule has 5 aromatic carbocycles. The molecule has 6 aromatic rings. The zero-order valence-electron chi connectivity index (χ0n) is 25.3. The molecule has 1 aromatic heterocycles. The summed E-state index contributed by atoms with van der Waals surface area (Å²) in [5.41, 5.74) is 8.84. The number of carbonyl (C=O) groups excluding carboxylic acids is 1. The molecule has 230 valence electrons. The van der Waals surface area contributed by atoms with Gasteiger partial charge in [0.15, 0.2) is 16.6 Å². The molecule has 9 heteroatoms. The van der Waals surface area contributed by atoms with Crippen molar-refractivity contribution < 1.29 is 14.3 Å². The van der Waals surface area contributed by atoms with Gasteiger partial charge in [0, 0.05) is 32.2 Å². The summed E-state index contributed by atoms with van der Waals surface area (Å²) in [6, 6.07) is 33.7. The van der Waals surface area contributed by atoms with Crippen LogP contribution in [0.1, 0.15) is 34.0 Å². The molecule has 0 unspecified atom stereocenters. The van der Waals surface area contributed by atoms with Crippen LogP contribution in [-0.2, 0) is 6.61 Å². The molecule has 0 fully saturated rings. The van der Waals surface area contributed by atoms with E-state index in [1.165, 1.54) is 27.7 Å². The highest BCUT2D eigenvalue weighted by atomic mass is 79.9. The van der Waals surface area contributed by atoms with Crippen molar-refractivity contribution >= 4 is 61.0 Å². The third kappa shape index (κ3) is 7.62. The van der Waals surface area contributed by atoms with Crippen molar-refractivity contribution in [3.8, 4) is 22.8 Å². The van der Waals surface area contributed by atoms with Crippen LogP contribution in [0.2, 0.25) is 0 Å². The number of ether oxygens (including phenoxy) is 2. The lowest BCUT2D eigenvalue weighted by atomic mass is 10.1. The Morgan fingerprint density at radius 2 is 1.67 bits per heavy atom. The van der Waals surface area contributed by atoms with E-state index in [0.717, 1.165) is 37.7 Å². The largest absolute Gasteiger partial charge is 0.490 e. The molecule has 0 aliphatic carbocycles. The molecule has 0 saturated carbocycles. The summed E-state index contributed by atoms with van der Waals surface area (Å²) in [6.45, 7) is 4.85. The van der Waals surface area contributed by atoms with Crippen LogP contribution >= 0.6 is 27.3 Å². The highest BCUT2D eigenvalue weighted by Crippen LogP contribution is 2.34. The number of fused-ring (bicyclic) bond motifs is 1. The van der Waals surface area contributed by atoms with Crippen LogP contribution in [-0.4, -0.2) is 23.7 Å². The molecular formula is C37H31BrN4O3S. The van der Waals surface area contributed by atoms with E-state index in [0.29, 0.717) is 30.3 Å². The van der Waals surface area contributed by atoms with Gasteiger partial charge in [-0.05, 0) is 88.6 Å². The molecule has 46 heavy (non-hydrogen) atoms. The van der Waals surface area contributed by atoms with E-state index in [2.05, 4.69) is 86.1 Å². The van der Waals surface area contributed by atoms with Gasteiger partial charge in [0.2, 0.25) is 0 Å². The minimum absolute atomic E-state index is 0.320. The minimum Gasteiger partial charge on any atom is -0.490 e. The molecule has 2 N–H and O–H groups in total. The predicted octanol–water partition coefficient (Wildman–Crippen LogP) is 9.52. The average molecular weight is 692 g/mol. The number of rotatable bonds is 11. The lowest BCUT2D eigenvalue weighted by molar-refractivity contribution is 0.0955. The van der Waals surface area contributed by atoms with E-state index in [9.17, 15) is 4.79 Å². The lowest BCUT2D eigenvalue weighted by Crippen LogP contribution is -2.17. The Morgan fingerprint density at radius 1 is 0.913 bits per heavy atom. The smallest absolute Gasteiger partial charge is 0.271 e. The summed E-state index contributed by atoms with van der Waals surface area (Å²) in [7, 11) is 0. The van der Waals surface area contributed by atoms with E-state index >= 15 is 0 Å². The van der Waals surface area contributed by atoms with Gasteiger partial charge in [-0.1, -0.05) is 66.2 Å². The molecule has 0 atom stereocenters. The Bertz CT molecular complexity index is 2010. The number of anilines is 2. The number of nitrogens with one attached hydrogen (secondary N) is 2. The zero-order valence-corrected chi connectivity index (χ0v) is 27.7. The number of hydrogen-bond donors (Lipinski definition) is 2. The van der Waals surface area contributed by atoms with Crippen molar-refractivity contribution in [2.45, 2.75) is 20.5 Å². The van der Waals surface area contributed by atoms with Crippen LogP contribution in [0.3, 0.4) is 0 Å². The van der Waals surface area contributed by atoms with Crippen LogP contribution in [0.4, 0.5) is 10.8 Å². The van der Waals surface area contributed by atoms with Crippen molar-refractivity contribution in [3.63, 3.8) is 0 Å². The zero-order chi connectivity index (χ0) is 31.9. The van der Waals surface area contributed by atoms with Crippen molar-refractivity contribution in [2.75, 3.05) is 11.9 Å². The van der Waals surface area contributed by atoms with Gasteiger partial charge < -0.3 is 14.8 Å². The number of hydrazone groups is 1. The SMILES string of the molecule is CCOc1cc(/C=N\NC(=O)c2ccc(-c3csc(Nc4ccc(C)cc4)n3)cc2)c(Br)cc1OCc1ccc2ccccc2c1. The predicted molar refractivity (Wildman–Crippen MR) is 191 cm³/mol. The molecule has 7 nitrogen and oxygen atoms in total. The molecular weight excluding hydrogens is 660 g/mol. The van der Waals surface area contributed by atoms with E-state index in [1.54, 1.807) is 18.3 Å². The molecule has 0 bridgehead atoms. The maximum atomic E-state index is 12.8. The van der Waals surface area contributed by atoms with Gasteiger partial charge in [0.1, 0.15) is 6.61 Å². The first kappa shape index (κ1) is 31.0. The van der Waals surface area contributed by atoms with Crippen molar-refractivity contribution in [3.05, 3.63) is 135 Å². The van der Waals surface area contributed by atoms with E-state index in [4.69, 9.17) is 9.47 Å². The monoisotopic (exact) mass is 690 g/mol. The number of halogens is 1. The third-order valence-electron chi connectivity index (χ3n) is 7.19. The number of benzene rings is 5. The summed E-state index contributed by atoms with van der Waals surface area (Å²) in [4.78, 5) is 17.5. The number of aryl methyl sites for hydroxylation is 1. The molecule has 0 radical (unpaired) electrons. The standard InChI is InChI=1S/C37H31BrN4O3S/c1-3-44-34-19-30(32(38)20-35(34)45-22-25-10-11-26-6-4-5-7-29(26)18-25)21-39-42-36(43)28-14-12-27(13-15-28)33-23-46-37(41-33)40-31-16-8-24(2)9-17-31/h4-21,23H,3,22H2,1-2H3,(H,40,41)(H,42,43)/b39-21-. The van der Waals surface area contributed by atoms with Gasteiger partial charge in [0.25, 0.3) is 5.91 Å². The Hall–Kier alpha value is -4.99. The summed E-state index contributed by atoms with van der Waals surface area (Å²) in [5.74, 6) is 0.884. The summed E-state index contributed by atoms with van der Waals surface area (Å²) < 4.78 is 12.8. The Balaban J connectivity index is 1.07. The number of hydrogen-bond acceptors (Lipinski definition) is 7. The second kappa shape index (κ2) is 14.4. The maximum Gasteiger partial charge on any atom is 0.271 e. The summed E-state index contributed by atoms with van der Waals surface area (Å²) >= 11 is 5.14. The van der Waals surface area contributed by atoms with Crippen LogP contribution in [0.25, 0.3) is 22.0 Å². The fourth-order valence-corrected chi connectivity index (χ4v) is 5.93. The van der Waals surface area contributed by atoms with Gasteiger partial charge in [-0.15, -0.1) is 11.3 Å². The highest BCUT2D eigenvalue weighted by Gasteiger charge is 2.12. The molecule has 0 aliphatic heterocycles. The minimum atomic E-state index is -0.320. The Morgan fingerprint density at radius 3 is 2.46 bits per heavy atom. The topological polar surface area (TPSA) is 84.8 Å². The van der Waals surface area contributed by atoms with Gasteiger partial charge in [0.05, 0.1) is 18.5 Å². The van der Waals surface area contributed by atoms with Crippen molar-refractivity contribution in [1.29, 1.82) is 0 Å². The van der Waals surface area contributed by atoms with Gasteiger partial charge in [-0.2, -0.15) is 5.10 Å². The van der Waals surface area contributed by atoms with Gasteiger partial charge in [-0.25, -0.2) is 10.4 Å². The van der Waals surface area contributed by atoms with Crippen LogP contribution in [0.15, 0.2) is 118 Å². The van der Waals surface area contributed by atoms with Crippen molar-refractivity contribution in [2.24, 2.45) is 5.10 Å². The quantitative estimate of drug-likeness (QED) is 0.104. The average Bonchev–Trinajstić information content (AvgIpc) is 3.55. The Kier molecular flexibility index (Phi) is 9.71. The van der Waals surface area contributed by atoms with E-state index in [1.807, 2.05) is 60.8 Å². The number of carbonyl (C=O) groups is 1. The van der Waals surface area contributed by atoms with Crippen LogP contribution < -0.4 is 20.2 Å². The Labute approximate surface area is 280 Å². The fourth-order valence-electron chi connectivity index (χ4n) is 4.76. The number of nitrogens with zero attached hydrogens (tertiary/aromatic N) is 2. The lowest BCUT2D eigenvalue weighted by Gasteiger charge is -2.14. The second-order valence-corrected chi connectivity index (χ2v) is 12.2. The molecule has 0 saturated heterocycles. The van der Waals surface area contributed by atoms with Gasteiger partial charge >= 0.3 is 0 Å². The van der Waals surface area contributed by atoms with Crippen molar-refractivity contribution in [1.82, 2.24) is 10.4 Å². The molecule has 0 spiro atoms. The highest BCUT2D eigenvalue weighted by molar-refractivity contribution is 9.10. The van der Waals surface area contributed by atoms with E-state index < -0.39 is 0 Å². The first-order valence-electron chi connectivity index (χ1n) is 14.7. The number of amides is 1. The third-order valence-corrected chi connectivity index (χ3v) is 8.64. The molecule has 6 rings (SSSR count). The first-order valence-corrected chi connectivity index (χ1v) is 16.4. The molecule has 1 amide bonds. The summed E-state index contributed by atoms with van der Waals surface area (Å²) in [5, 5.41) is 12.7. The second-order valence-electron chi connectivity index (χ2n) is 10.5.